The van der Waals surface area contributed by atoms with Gasteiger partial charge in [0.1, 0.15) is 6.04 Å². The third-order valence-electron chi connectivity index (χ3n) is 3.91. The molecule has 1 aromatic rings. The van der Waals surface area contributed by atoms with E-state index in [1.165, 1.54) is 12.0 Å². The summed E-state index contributed by atoms with van der Waals surface area (Å²) in [5.74, 6) is -1.01. The van der Waals surface area contributed by atoms with Gasteiger partial charge in [0.2, 0.25) is 5.91 Å². The smallest absolute Gasteiger partial charge is 0.328 e. The van der Waals surface area contributed by atoms with Crippen LogP contribution >= 0.6 is 0 Å². The molecule has 6 heteroatoms. The third kappa shape index (κ3) is 3.88. The van der Waals surface area contributed by atoms with Crippen molar-refractivity contribution in [3.8, 4) is 0 Å². The van der Waals surface area contributed by atoms with Gasteiger partial charge in [-0.2, -0.15) is 0 Å². The Morgan fingerprint density at radius 2 is 2.00 bits per heavy atom. The van der Waals surface area contributed by atoms with Crippen molar-refractivity contribution in [2.24, 2.45) is 0 Å². The maximum Gasteiger partial charge on any atom is 0.328 e. The normalized spacial score (nSPS) is 18.6. The predicted molar refractivity (Wildman–Crippen MR) is 82.3 cm³/mol. The van der Waals surface area contributed by atoms with Crippen molar-refractivity contribution in [2.75, 3.05) is 13.7 Å². The van der Waals surface area contributed by atoms with Crippen LogP contribution in [0.25, 0.3) is 0 Å². The summed E-state index contributed by atoms with van der Waals surface area (Å²) < 4.78 is 9.82. The predicted octanol–water partition coefficient (Wildman–Crippen LogP) is 1.84. The summed E-state index contributed by atoms with van der Waals surface area (Å²) in [6.07, 6.45) is 0.681. The lowest BCUT2D eigenvalue weighted by atomic mass is 10.0. The average Bonchev–Trinajstić information content (AvgIpc) is 2.94. The van der Waals surface area contributed by atoms with Gasteiger partial charge in [-0.3, -0.25) is 9.59 Å². The van der Waals surface area contributed by atoms with E-state index in [1.807, 2.05) is 30.3 Å². The Balaban J connectivity index is 2.33. The van der Waals surface area contributed by atoms with Crippen LogP contribution in [0.2, 0.25) is 0 Å². The highest BCUT2D eigenvalue weighted by molar-refractivity contribution is 5.89. The van der Waals surface area contributed by atoms with E-state index in [2.05, 4.69) is 0 Å². The lowest BCUT2D eigenvalue weighted by Gasteiger charge is -2.31. The number of benzene rings is 1. The largest absolute Gasteiger partial charge is 0.467 e. The van der Waals surface area contributed by atoms with E-state index >= 15 is 0 Å². The molecule has 0 spiro atoms. The van der Waals surface area contributed by atoms with Crippen LogP contribution in [0.4, 0.5) is 0 Å². The molecule has 6 nitrogen and oxygen atoms in total. The molecule has 1 aliphatic rings. The number of hydrogen-bond donors (Lipinski definition) is 0. The van der Waals surface area contributed by atoms with Gasteiger partial charge in [0.15, 0.2) is 0 Å². The maximum absolute atomic E-state index is 12.3. The van der Waals surface area contributed by atoms with Crippen molar-refractivity contribution in [1.82, 2.24) is 4.90 Å². The van der Waals surface area contributed by atoms with Gasteiger partial charge in [0.05, 0.1) is 26.2 Å². The molecule has 0 aromatic heterocycles. The molecule has 0 saturated carbocycles. The zero-order valence-electron chi connectivity index (χ0n) is 13.4. The van der Waals surface area contributed by atoms with E-state index in [0.717, 1.165) is 5.56 Å². The summed E-state index contributed by atoms with van der Waals surface area (Å²) in [4.78, 5) is 37.7. The van der Waals surface area contributed by atoms with Gasteiger partial charge in [-0.05, 0) is 18.9 Å². The van der Waals surface area contributed by atoms with Crippen molar-refractivity contribution in [3.05, 3.63) is 35.9 Å². The lowest BCUT2D eigenvalue weighted by molar-refractivity contribution is -0.153. The molecule has 1 amide bonds. The molecule has 2 rings (SSSR count). The van der Waals surface area contributed by atoms with Crippen LogP contribution in [-0.4, -0.2) is 42.5 Å². The van der Waals surface area contributed by atoms with E-state index in [-0.39, 0.29) is 25.4 Å². The van der Waals surface area contributed by atoms with Gasteiger partial charge in [-0.1, -0.05) is 30.3 Å². The molecular weight excluding hydrogens is 298 g/mol. The van der Waals surface area contributed by atoms with Crippen LogP contribution in [-0.2, 0) is 23.9 Å². The maximum atomic E-state index is 12.3. The zero-order chi connectivity index (χ0) is 16.8. The molecule has 1 aliphatic heterocycles. The van der Waals surface area contributed by atoms with E-state index in [1.54, 1.807) is 6.92 Å². The SMILES string of the molecule is CCOC(=O)CC(c1ccccc1)N1C(=O)CCC1C(=O)OC. The Hall–Kier alpha value is -2.37. The number of likely N-dealkylation sites (tertiary alicyclic amines) is 1. The van der Waals surface area contributed by atoms with Gasteiger partial charge in [-0.15, -0.1) is 0 Å². The van der Waals surface area contributed by atoms with Crippen LogP contribution in [0, 0.1) is 0 Å². The minimum atomic E-state index is -0.660. The Labute approximate surface area is 135 Å². The first-order valence-corrected chi connectivity index (χ1v) is 7.68. The van der Waals surface area contributed by atoms with E-state index in [0.29, 0.717) is 6.42 Å². The Morgan fingerprint density at radius 3 is 2.61 bits per heavy atom. The van der Waals surface area contributed by atoms with Gasteiger partial charge >= 0.3 is 11.9 Å². The summed E-state index contributed by atoms with van der Waals surface area (Å²) >= 11 is 0. The molecule has 0 N–H and O–H groups in total. The first kappa shape index (κ1) is 17.0. The second-order valence-electron chi connectivity index (χ2n) is 5.31. The topological polar surface area (TPSA) is 72.9 Å². The van der Waals surface area contributed by atoms with Gasteiger partial charge in [0, 0.05) is 6.42 Å². The average molecular weight is 319 g/mol. The molecule has 1 heterocycles. The van der Waals surface area contributed by atoms with Crippen molar-refractivity contribution in [2.45, 2.75) is 38.3 Å². The highest BCUT2D eigenvalue weighted by Crippen LogP contribution is 2.33. The quantitative estimate of drug-likeness (QED) is 0.748. The zero-order valence-corrected chi connectivity index (χ0v) is 13.4. The molecule has 1 aromatic carbocycles. The first-order valence-electron chi connectivity index (χ1n) is 7.68. The van der Waals surface area contributed by atoms with Crippen LogP contribution < -0.4 is 0 Å². The highest BCUT2D eigenvalue weighted by Gasteiger charge is 2.42. The summed E-state index contributed by atoms with van der Waals surface area (Å²) in [5.41, 5.74) is 0.796. The Bertz CT molecular complexity index is 572. The van der Waals surface area contributed by atoms with Crippen LogP contribution in [0.15, 0.2) is 30.3 Å². The van der Waals surface area contributed by atoms with Crippen molar-refractivity contribution in [3.63, 3.8) is 0 Å². The van der Waals surface area contributed by atoms with Crippen molar-refractivity contribution >= 4 is 17.8 Å². The Kier molecular flexibility index (Phi) is 5.73. The van der Waals surface area contributed by atoms with Crippen molar-refractivity contribution < 1.29 is 23.9 Å². The molecular formula is C17H21NO5. The number of amides is 1. The lowest BCUT2D eigenvalue weighted by Crippen LogP contribution is -2.42. The standard InChI is InChI=1S/C17H21NO5/c1-3-23-16(20)11-14(12-7-5-4-6-8-12)18-13(17(21)22-2)9-10-15(18)19/h4-8,13-14H,3,9-11H2,1-2H3. The second kappa shape index (κ2) is 7.76. The van der Waals surface area contributed by atoms with Gasteiger partial charge < -0.3 is 14.4 Å². The molecule has 1 saturated heterocycles. The molecule has 2 atom stereocenters. The summed E-state index contributed by atoms with van der Waals surface area (Å²) in [7, 11) is 1.30. The minimum absolute atomic E-state index is 0.0110. The highest BCUT2D eigenvalue weighted by atomic mass is 16.5. The van der Waals surface area contributed by atoms with Crippen LogP contribution in [0.3, 0.4) is 0 Å². The van der Waals surface area contributed by atoms with E-state index in [9.17, 15) is 14.4 Å². The number of methoxy groups -OCH3 is 1. The number of carbonyl (C=O) groups excluding carboxylic acids is 3. The molecule has 2 unspecified atom stereocenters. The monoisotopic (exact) mass is 319 g/mol. The fourth-order valence-corrected chi connectivity index (χ4v) is 2.89. The summed E-state index contributed by atoms with van der Waals surface area (Å²) in [6, 6.07) is 8.01. The molecule has 23 heavy (non-hydrogen) atoms. The summed E-state index contributed by atoms with van der Waals surface area (Å²) in [5, 5.41) is 0. The fraction of sp³-hybridized carbons (Fsp3) is 0.471. The third-order valence-corrected chi connectivity index (χ3v) is 3.91. The second-order valence-corrected chi connectivity index (χ2v) is 5.31. The van der Waals surface area contributed by atoms with E-state index < -0.39 is 24.0 Å². The molecule has 1 fully saturated rings. The first-order chi connectivity index (χ1) is 11.1. The van der Waals surface area contributed by atoms with Crippen molar-refractivity contribution in [1.29, 1.82) is 0 Å². The number of esters is 2. The van der Waals surface area contributed by atoms with Crippen LogP contribution in [0.5, 0.6) is 0 Å². The van der Waals surface area contributed by atoms with Crippen LogP contribution in [0.1, 0.15) is 37.8 Å². The summed E-state index contributed by atoms with van der Waals surface area (Å²) in [6.45, 7) is 2.00. The molecule has 0 radical (unpaired) electrons. The number of carbonyl (C=O) groups is 3. The molecule has 0 aliphatic carbocycles. The van der Waals surface area contributed by atoms with Gasteiger partial charge in [0.25, 0.3) is 0 Å². The van der Waals surface area contributed by atoms with Gasteiger partial charge in [-0.25, -0.2) is 4.79 Å². The fourth-order valence-electron chi connectivity index (χ4n) is 2.89. The molecule has 124 valence electrons. The minimum Gasteiger partial charge on any atom is -0.467 e. The number of hydrogen-bond acceptors (Lipinski definition) is 5. The molecule has 0 bridgehead atoms. The Morgan fingerprint density at radius 1 is 1.30 bits per heavy atom. The number of nitrogens with zero attached hydrogens (tertiary/aromatic N) is 1. The number of ether oxygens (including phenoxy) is 2. The number of rotatable bonds is 6. The van der Waals surface area contributed by atoms with E-state index in [4.69, 9.17) is 9.47 Å².